The molecule has 2 heterocycles. The first-order valence-corrected chi connectivity index (χ1v) is 5.70. The number of pyridine rings is 1. The number of halogens is 1. The standard InChI is InChI=1S/C10H9BrN4O2/c11-8-2-1-7(5-13-8)10(16)12-4-3-9-14-6-15-17-9/h1-2,5-6H,3-4H2,(H,12,16). The van der Waals surface area contributed by atoms with Crippen LogP contribution in [0.25, 0.3) is 0 Å². The number of carbonyl (C=O) groups excluding carboxylic acids is 1. The summed E-state index contributed by atoms with van der Waals surface area (Å²) in [7, 11) is 0. The Morgan fingerprint density at radius 2 is 2.29 bits per heavy atom. The first kappa shape index (κ1) is 11.7. The Bertz CT molecular complexity index is 484. The molecule has 0 atom stereocenters. The topological polar surface area (TPSA) is 80.9 Å². The molecule has 6 nitrogen and oxygen atoms in total. The van der Waals surface area contributed by atoms with E-state index in [9.17, 15) is 4.79 Å². The third kappa shape index (κ3) is 3.35. The second kappa shape index (κ2) is 5.53. The van der Waals surface area contributed by atoms with Gasteiger partial charge < -0.3 is 9.84 Å². The second-order valence-electron chi connectivity index (χ2n) is 3.21. The van der Waals surface area contributed by atoms with Crippen LogP contribution in [0.5, 0.6) is 0 Å². The van der Waals surface area contributed by atoms with E-state index in [4.69, 9.17) is 4.52 Å². The van der Waals surface area contributed by atoms with Gasteiger partial charge in [0.1, 0.15) is 4.60 Å². The lowest BCUT2D eigenvalue weighted by Gasteiger charge is -2.02. The highest BCUT2D eigenvalue weighted by Gasteiger charge is 2.06. The van der Waals surface area contributed by atoms with Crippen LogP contribution in [0.3, 0.4) is 0 Å². The molecular weight excluding hydrogens is 288 g/mol. The van der Waals surface area contributed by atoms with Gasteiger partial charge in [-0.2, -0.15) is 4.98 Å². The molecule has 17 heavy (non-hydrogen) atoms. The van der Waals surface area contributed by atoms with Crippen LogP contribution in [0.2, 0.25) is 0 Å². The molecule has 1 amide bonds. The number of carbonyl (C=O) groups is 1. The van der Waals surface area contributed by atoms with Gasteiger partial charge in [0, 0.05) is 19.2 Å². The van der Waals surface area contributed by atoms with E-state index in [0.29, 0.717) is 29.0 Å². The normalized spacial score (nSPS) is 10.2. The fourth-order valence-corrected chi connectivity index (χ4v) is 1.44. The van der Waals surface area contributed by atoms with Crippen molar-refractivity contribution >= 4 is 21.8 Å². The molecular formula is C10H9BrN4O2. The number of hydrogen-bond donors (Lipinski definition) is 1. The lowest BCUT2D eigenvalue weighted by Crippen LogP contribution is -2.25. The average Bonchev–Trinajstić information content (AvgIpc) is 2.83. The molecule has 0 aromatic carbocycles. The second-order valence-corrected chi connectivity index (χ2v) is 4.02. The van der Waals surface area contributed by atoms with Crippen LogP contribution in [-0.4, -0.2) is 27.6 Å². The van der Waals surface area contributed by atoms with Crippen molar-refractivity contribution in [3.8, 4) is 0 Å². The zero-order chi connectivity index (χ0) is 12.1. The van der Waals surface area contributed by atoms with E-state index in [-0.39, 0.29) is 5.91 Å². The number of nitrogens with zero attached hydrogens (tertiary/aromatic N) is 3. The third-order valence-corrected chi connectivity index (χ3v) is 2.49. The summed E-state index contributed by atoms with van der Waals surface area (Å²) in [5.74, 6) is 0.323. The summed E-state index contributed by atoms with van der Waals surface area (Å²) >= 11 is 3.20. The van der Waals surface area contributed by atoms with Gasteiger partial charge in [0.15, 0.2) is 6.33 Å². The van der Waals surface area contributed by atoms with E-state index in [0.717, 1.165) is 0 Å². The minimum atomic E-state index is -0.176. The molecule has 1 N–H and O–H groups in total. The fourth-order valence-electron chi connectivity index (χ4n) is 1.20. The van der Waals surface area contributed by atoms with Crippen LogP contribution in [0.1, 0.15) is 16.2 Å². The van der Waals surface area contributed by atoms with Crippen LogP contribution in [-0.2, 0) is 6.42 Å². The number of rotatable bonds is 4. The fraction of sp³-hybridized carbons (Fsp3) is 0.200. The van der Waals surface area contributed by atoms with Crippen molar-refractivity contribution in [2.75, 3.05) is 6.54 Å². The Morgan fingerprint density at radius 1 is 1.41 bits per heavy atom. The molecule has 0 aliphatic carbocycles. The molecule has 0 unspecified atom stereocenters. The summed E-state index contributed by atoms with van der Waals surface area (Å²) in [5, 5.41) is 6.21. The molecule has 2 rings (SSSR count). The Morgan fingerprint density at radius 3 is 2.94 bits per heavy atom. The van der Waals surface area contributed by atoms with Crippen molar-refractivity contribution in [2.45, 2.75) is 6.42 Å². The summed E-state index contributed by atoms with van der Waals surface area (Å²) in [6.45, 7) is 0.442. The van der Waals surface area contributed by atoms with Gasteiger partial charge in [-0.1, -0.05) is 5.16 Å². The SMILES string of the molecule is O=C(NCCc1ncno1)c1ccc(Br)nc1. The highest BCUT2D eigenvalue weighted by atomic mass is 79.9. The van der Waals surface area contributed by atoms with Crippen molar-refractivity contribution in [1.29, 1.82) is 0 Å². The molecule has 0 radical (unpaired) electrons. The van der Waals surface area contributed by atoms with Crippen molar-refractivity contribution in [3.05, 3.63) is 40.7 Å². The number of nitrogens with one attached hydrogen (secondary N) is 1. The van der Waals surface area contributed by atoms with Gasteiger partial charge >= 0.3 is 0 Å². The summed E-state index contributed by atoms with van der Waals surface area (Å²) in [4.78, 5) is 19.5. The maximum atomic E-state index is 11.7. The third-order valence-electron chi connectivity index (χ3n) is 2.02. The maximum absolute atomic E-state index is 11.7. The van der Waals surface area contributed by atoms with E-state index in [1.807, 2.05) is 0 Å². The monoisotopic (exact) mass is 296 g/mol. The van der Waals surface area contributed by atoms with Crippen molar-refractivity contribution in [2.24, 2.45) is 0 Å². The molecule has 0 aliphatic rings. The summed E-state index contributed by atoms with van der Waals surface area (Å²) in [5.41, 5.74) is 0.513. The zero-order valence-corrected chi connectivity index (χ0v) is 10.3. The predicted octanol–water partition coefficient (Wildman–Crippen LogP) is 1.20. The molecule has 88 valence electrons. The van der Waals surface area contributed by atoms with Crippen LogP contribution in [0.15, 0.2) is 33.8 Å². The van der Waals surface area contributed by atoms with Gasteiger partial charge in [-0.05, 0) is 28.1 Å². The Hall–Kier alpha value is -1.76. The Labute approximate surface area is 106 Å². The van der Waals surface area contributed by atoms with Crippen LogP contribution in [0.4, 0.5) is 0 Å². The zero-order valence-electron chi connectivity index (χ0n) is 8.76. The molecule has 0 saturated carbocycles. The molecule has 0 fully saturated rings. The van der Waals surface area contributed by atoms with E-state index in [1.165, 1.54) is 12.5 Å². The van der Waals surface area contributed by atoms with E-state index < -0.39 is 0 Å². The highest BCUT2D eigenvalue weighted by Crippen LogP contribution is 2.06. The largest absolute Gasteiger partial charge is 0.351 e. The molecule has 0 spiro atoms. The summed E-state index contributed by atoms with van der Waals surface area (Å²) in [6, 6.07) is 3.41. The van der Waals surface area contributed by atoms with Crippen LogP contribution >= 0.6 is 15.9 Å². The van der Waals surface area contributed by atoms with Crippen molar-refractivity contribution in [3.63, 3.8) is 0 Å². The van der Waals surface area contributed by atoms with Gasteiger partial charge in [0.25, 0.3) is 5.91 Å². The Kier molecular flexibility index (Phi) is 3.81. The van der Waals surface area contributed by atoms with Crippen LogP contribution < -0.4 is 5.32 Å². The van der Waals surface area contributed by atoms with Crippen molar-refractivity contribution in [1.82, 2.24) is 20.4 Å². The van der Waals surface area contributed by atoms with E-state index in [1.54, 1.807) is 12.1 Å². The molecule has 2 aromatic rings. The minimum absolute atomic E-state index is 0.176. The number of aromatic nitrogens is 3. The first-order valence-electron chi connectivity index (χ1n) is 4.91. The lowest BCUT2D eigenvalue weighted by atomic mass is 10.2. The van der Waals surface area contributed by atoms with Gasteiger partial charge in [-0.25, -0.2) is 4.98 Å². The molecule has 0 bridgehead atoms. The highest BCUT2D eigenvalue weighted by molar-refractivity contribution is 9.10. The quantitative estimate of drug-likeness (QED) is 0.858. The van der Waals surface area contributed by atoms with Gasteiger partial charge in [-0.15, -0.1) is 0 Å². The van der Waals surface area contributed by atoms with Crippen molar-refractivity contribution < 1.29 is 9.32 Å². The smallest absolute Gasteiger partial charge is 0.252 e. The van der Waals surface area contributed by atoms with E-state index in [2.05, 4.69) is 36.4 Å². The lowest BCUT2D eigenvalue weighted by molar-refractivity contribution is 0.0953. The van der Waals surface area contributed by atoms with E-state index >= 15 is 0 Å². The molecule has 7 heteroatoms. The molecule has 0 saturated heterocycles. The average molecular weight is 297 g/mol. The number of amides is 1. The maximum Gasteiger partial charge on any atom is 0.252 e. The first-order chi connectivity index (χ1) is 8.25. The molecule has 0 aliphatic heterocycles. The number of hydrogen-bond acceptors (Lipinski definition) is 5. The summed E-state index contributed by atoms with van der Waals surface area (Å²) in [6.07, 6.45) is 3.34. The van der Waals surface area contributed by atoms with Gasteiger partial charge in [0.05, 0.1) is 5.56 Å². The van der Waals surface area contributed by atoms with Gasteiger partial charge in [0.2, 0.25) is 5.89 Å². The van der Waals surface area contributed by atoms with Crippen LogP contribution in [0, 0.1) is 0 Å². The minimum Gasteiger partial charge on any atom is -0.351 e. The predicted molar refractivity (Wildman–Crippen MR) is 62.3 cm³/mol. The van der Waals surface area contributed by atoms with Gasteiger partial charge in [-0.3, -0.25) is 4.79 Å². The Balaban J connectivity index is 1.83. The molecule has 2 aromatic heterocycles. The summed E-state index contributed by atoms with van der Waals surface area (Å²) < 4.78 is 5.50.